The van der Waals surface area contributed by atoms with E-state index < -0.39 is 0 Å². The van der Waals surface area contributed by atoms with Gasteiger partial charge in [-0.15, -0.1) is 11.3 Å². The summed E-state index contributed by atoms with van der Waals surface area (Å²) in [5, 5.41) is 5.15. The van der Waals surface area contributed by atoms with Crippen LogP contribution in [0.5, 0.6) is 5.75 Å². The Morgan fingerprint density at radius 2 is 2.14 bits per heavy atom. The molecule has 1 aromatic carbocycles. The van der Waals surface area contributed by atoms with E-state index in [1.54, 1.807) is 23.5 Å². The van der Waals surface area contributed by atoms with Crippen LogP contribution in [0, 0.1) is 0 Å². The number of ether oxygens (including phenoxy) is 1. The molecular weight excluding hydrogens is 310 g/mol. The fraction of sp³-hybridized carbons (Fsp3) is 0.200. The lowest BCUT2D eigenvalue weighted by atomic mass is 10.1. The zero-order valence-electron chi connectivity index (χ0n) is 11.4. The van der Waals surface area contributed by atoms with Gasteiger partial charge in [0.15, 0.2) is 12.4 Å². The highest BCUT2D eigenvalue weighted by molar-refractivity contribution is 7.09. The molecule has 1 aromatic heterocycles. The molecule has 0 saturated carbocycles. The third kappa shape index (κ3) is 4.58. The predicted octanol–water partition coefficient (Wildman–Crippen LogP) is 3.30. The molecule has 0 spiro atoms. The van der Waals surface area contributed by atoms with Crippen LogP contribution in [0.1, 0.15) is 22.2 Å². The SMILES string of the molecule is CC(=O)c1cc(Cl)ccc1OCC(=O)NCc1cccs1. The van der Waals surface area contributed by atoms with Crippen LogP contribution in [-0.2, 0) is 11.3 Å². The van der Waals surface area contributed by atoms with Crippen molar-refractivity contribution in [1.82, 2.24) is 5.32 Å². The van der Waals surface area contributed by atoms with Crippen LogP contribution in [0.25, 0.3) is 0 Å². The number of carbonyl (C=O) groups is 2. The Bertz CT molecular complexity index is 640. The summed E-state index contributed by atoms with van der Waals surface area (Å²) < 4.78 is 5.40. The zero-order chi connectivity index (χ0) is 15.2. The summed E-state index contributed by atoms with van der Waals surface area (Å²) in [6.07, 6.45) is 0. The smallest absolute Gasteiger partial charge is 0.258 e. The summed E-state index contributed by atoms with van der Waals surface area (Å²) in [6.45, 7) is 1.75. The van der Waals surface area contributed by atoms with Gasteiger partial charge in [0, 0.05) is 9.90 Å². The molecule has 0 fully saturated rings. The van der Waals surface area contributed by atoms with Gasteiger partial charge in [-0.1, -0.05) is 17.7 Å². The molecule has 0 bridgehead atoms. The van der Waals surface area contributed by atoms with Crippen LogP contribution >= 0.6 is 22.9 Å². The average Bonchev–Trinajstić information content (AvgIpc) is 2.97. The molecule has 0 radical (unpaired) electrons. The van der Waals surface area contributed by atoms with E-state index in [-0.39, 0.29) is 18.3 Å². The minimum Gasteiger partial charge on any atom is -0.483 e. The molecule has 4 nitrogen and oxygen atoms in total. The standard InChI is InChI=1S/C15H14ClNO3S/c1-10(18)13-7-11(16)4-5-14(13)20-9-15(19)17-8-12-3-2-6-21-12/h2-7H,8-9H2,1H3,(H,17,19). The molecule has 1 amide bonds. The van der Waals surface area contributed by atoms with Gasteiger partial charge >= 0.3 is 0 Å². The molecule has 0 aliphatic carbocycles. The van der Waals surface area contributed by atoms with Crippen molar-refractivity contribution in [1.29, 1.82) is 0 Å². The van der Waals surface area contributed by atoms with Gasteiger partial charge in [0.05, 0.1) is 12.1 Å². The lowest BCUT2D eigenvalue weighted by molar-refractivity contribution is -0.123. The van der Waals surface area contributed by atoms with Gasteiger partial charge in [0.25, 0.3) is 5.91 Å². The van der Waals surface area contributed by atoms with E-state index in [0.29, 0.717) is 22.9 Å². The van der Waals surface area contributed by atoms with Crippen LogP contribution < -0.4 is 10.1 Å². The van der Waals surface area contributed by atoms with E-state index in [1.807, 2.05) is 17.5 Å². The van der Waals surface area contributed by atoms with Crippen LogP contribution in [0.4, 0.5) is 0 Å². The second-order valence-corrected chi connectivity index (χ2v) is 5.81. The number of amides is 1. The van der Waals surface area contributed by atoms with Gasteiger partial charge in [-0.05, 0) is 36.6 Å². The number of Topliss-reactive ketones (excluding diaryl/α,β-unsaturated/α-hetero) is 1. The number of benzene rings is 1. The molecule has 2 rings (SSSR count). The first-order chi connectivity index (χ1) is 10.1. The Kier molecular flexibility index (Phi) is 5.36. The number of ketones is 1. The minimum atomic E-state index is -0.243. The van der Waals surface area contributed by atoms with Crippen LogP contribution in [0.3, 0.4) is 0 Å². The first kappa shape index (κ1) is 15.5. The molecule has 1 N–H and O–H groups in total. The summed E-state index contributed by atoms with van der Waals surface area (Å²) in [5.74, 6) is -0.0440. The molecule has 6 heteroatoms. The minimum absolute atomic E-state index is 0.146. The lowest BCUT2D eigenvalue weighted by Gasteiger charge is -2.10. The van der Waals surface area contributed by atoms with Crippen molar-refractivity contribution in [2.45, 2.75) is 13.5 Å². The fourth-order valence-corrected chi connectivity index (χ4v) is 2.51. The van der Waals surface area contributed by atoms with Crippen LogP contribution in [-0.4, -0.2) is 18.3 Å². The molecule has 0 aliphatic rings. The normalized spacial score (nSPS) is 10.2. The number of hydrogen-bond donors (Lipinski definition) is 1. The van der Waals surface area contributed by atoms with Crippen molar-refractivity contribution in [3.05, 3.63) is 51.2 Å². The number of rotatable bonds is 6. The summed E-state index contributed by atoms with van der Waals surface area (Å²) in [4.78, 5) is 24.3. The van der Waals surface area contributed by atoms with E-state index >= 15 is 0 Å². The second kappa shape index (κ2) is 7.24. The Hall–Kier alpha value is -1.85. The Morgan fingerprint density at radius 3 is 2.81 bits per heavy atom. The molecule has 0 saturated heterocycles. The third-order valence-electron chi connectivity index (χ3n) is 2.72. The molecule has 0 unspecified atom stereocenters. The maximum absolute atomic E-state index is 11.7. The third-order valence-corrected chi connectivity index (χ3v) is 3.83. The van der Waals surface area contributed by atoms with Crippen molar-refractivity contribution in [3.8, 4) is 5.75 Å². The Labute approximate surface area is 131 Å². The molecule has 0 aliphatic heterocycles. The maximum atomic E-state index is 11.7. The summed E-state index contributed by atoms with van der Waals surface area (Å²) in [6, 6.07) is 8.61. The molecule has 2 aromatic rings. The van der Waals surface area contributed by atoms with Crippen LogP contribution in [0.15, 0.2) is 35.7 Å². The summed E-state index contributed by atoms with van der Waals surface area (Å²) >= 11 is 7.42. The summed E-state index contributed by atoms with van der Waals surface area (Å²) in [7, 11) is 0. The van der Waals surface area contributed by atoms with Crippen molar-refractivity contribution >= 4 is 34.6 Å². The maximum Gasteiger partial charge on any atom is 0.258 e. The first-order valence-corrected chi connectivity index (χ1v) is 7.54. The van der Waals surface area contributed by atoms with Crippen molar-refractivity contribution in [2.24, 2.45) is 0 Å². The lowest BCUT2D eigenvalue weighted by Crippen LogP contribution is -2.28. The largest absolute Gasteiger partial charge is 0.483 e. The van der Waals surface area contributed by atoms with Gasteiger partial charge in [0.1, 0.15) is 5.75 Å². The van der Waals surface area contributed by atoms with E-state index in [0.717, 1.165) is 4.88 Å². The molecule has 0 atom stereocenters. The highest BCUT2D eigenvalue weighted by Gasteiger charge is 2.11. The first-order valence-electron chi connectivity index (χ1n) is 6.28. The second-order valence-electron chi connectivity index (χ2n) is 4.34. The van der Waals surface area contributed by atoms with Gasteiger partial charge in [-0.3, -0.25) is 9.59 Å². The van der Waals surface area contributed by atoms with E-state index in [9.17, 15) is 9.59 Å². The van der Waals surface area contributed by atoms with Crippen LogP contribution in [0.2, 0.25) is 5.02 Å². The number of hydrogen-bond acceptors (Lipinski definition) is 4. The van der Waals surface area contributed by atoms with E-state index in [1.165, 1.54) is 13.0 Å². The number of thiophene rings is 1. The van der Waals surface area contributed by atoms with E-state index in [4.69, 9.17) is 16.3 Å². The highest BCUT2D eigenvalue weighted by atomic mass is 35.5. The zero-order valence-corrected chi connectivity index (χ0v) is 13.0. The number of carbonyl (C=O) groups excluding carboxylic acids is 2. The van der Waals surface area contributed by atoms with Crippen molar-refractivity contribution < 1.29 is 14.3 Å². The van der Waals surface area contributed by atoms with Crippen molar-refractivity contribution in [3.63, 3.8) is 0 Å². The number of nitrogens with one attached hydrogen (secondary N) is 1. The van der Waals surface area contributed by atoms with Gasteiger partial charge < -0.3 is 10.1 Å². The topological polar surface area (TPSA) is 55.4 Å². The molecule has 21 heavy (non-hydrogen) atoms. The fourth-order valence-electron chi connectivity index (χ4n) is 1.70. The number of halogens is 1. The van der Waals surface area contributed by atoms with Crippen molar-refractivity contribution in [2.75, 3.05) is 6.61 Å². The van der Waals surface area contributed by atoms with Gasteiger partial charge in [0.2, 0.25) is 0 Å². The molecule has 110 valence electrons. The monoisotopic (exact) mass is 323 g/mol. The Balaban J connectivity index is 1.90. The molecule has 1 heterocycles. The van der Waals surface area contributed by atoms with Gasteiger partial charge in [-0.25, -0.2) is 0 Å². The van der Waals surface area contributed by atoms with Gasteiger partial charge in [-0.2, -0.15) is 0 Å². The predicted molar refractivity (Wildman–Crippen MR) is 83.1 cm³/mol. The quantitative estimate of drug-likeness (QED) is 0.830. The van der Waals surface area contributed by atoms with E-state index in [2.05, 4.69) is 5.32 Å². The Morgan fingerprint density at radius 1 is 1.33 bits per heavy atom. The summed E-state index contributed by atoms with van der Waals surface area (Å²) in [5.41, 5.74) is 0.369. The average molecular weight is 324 g/mol. The molecular formula is C15H14ClNO3S. The highest BCUT2D eigenvalue weighted by Crippen LogP contribution is 2.23.